The van der Waals surface area contributed by atoms with E-state index in [0.29, 0.717) is 5.13 Å². The molecule has 0 amide bonds. The number of hydrogen-bond donors (Lipinski definition) is 1. The second-order valence-electron chi connectivity index (χ2n) is 2.87. The summed E-state index contributed by atoms with van der Waals surface area (Å²) in [5.41, 5.74) is 6.90. The van der Waals surface area contributed by atoms with Gasteiger partial charge < -0.3 is 0 Å². The molecule has 0 unspecified atom stereocenters. The first kappa shape index (κ1) is 11.2. The van der Waals surface area contributed by atoms with Gasteiger partial charge in [0.2, 0.25) is 0 Å². The SMILES string of the molecule is Nc1nc(SCc2ccccc2)[c]([Ag])s1. The van der Waals surface area contributed by atoms with Gasteiger partial charge in [0.1, 0.15) is 0 Å². The Morgan fingerprint density at radius 1 is 1.33 bits per heavy atom. The van der Waals surface area contributed by atoms with Crippen LogP contribution in [-0.2, 0) is 26.8 Å². The fourth-order valence-electron chi connectivity index (χ4n) is 1.10. The van der Waals surface area contributed by atoms with Crippen LogP contribution in [0.3, 0.4) is 0 Å². The molecule has 2 aromatic rings. The zero-order chi connectivity index (χ0) is 10.7. The zero-order valence-corrected chi connectivity index (χ0v) is 10.9. The molecule has 0 aliphatic heterocycles. The molecule has 0 radical (unpaired) electrons. The summed E-state index contributed by atoms with van der Waals surface area (Å²) in [6.07, 6.45) is 0. The third-order valence-electron chi connectivity index (χ3n) is 1.77. The number of anilines is 1. The molecule has 0 bridgehead atoms. The van der Waals surface area contributed by atoms with Gasteiger partial charge in [0.05, 0.1) is 0 Å². The summed E-state index contributed by atoms with van der Waals surface area (Å²) in [4.78, 5) is 4.24. The van der Waals surface area contributed by atoms with Gasteiger partial charge >= 0.3 is 110 Å². The Bertz CT molecular complexity index is 442. The van der Waals surface area contributed by atoms with Crippen LogP contribution in [-0.4, -0.2) is 4.98 Å². The van der Waals surface area contributed by atoms with E-state index in [1.165, 1.54) is 16.9 Å². The van der Waals surface area contributed by atoms with Crippen LogP contribution in [0.25, 0.3) is 0 Å². The number of nitrogens with two attached hydrogens (primary N) is 1. The van der Waals surface area contributed by atoms with Crippen molar-refractivity contribution in [3.05, 3.63) is 35.9 Å². The Balaban J connectivity index is 2.02. The molecule has 0 atom stereocenters. The molecule has 2 nitrogen and oxygen atoms in total. The van der Waals surface area contributed by atoms with Gasteiger partial charge in [-0.15, -0.1) is 0 Å². The predicted molar refractivity (Wildman–Crippen MR) is 62.2 cm³/mol. The van der Waals surface area contributed by atoms with Gasteiger partial charge in [0, 0.05) is 0 Å². The Morgan fingerprint density at radius 2 is 2.07 bits per heavy atom. The van der Waals surface area contributed by atoms with Crippen LogP contribution >= 0.6 is 23.1 Å². The topological polar surface area (TPSA) is 38.9 Å². The Hall–Kier alpha value is -0.260. The summed E-state index contributed by atoms with van der Waals surface area (Å²) in [6, 6.07) is 10.3. The number of rotatable bonds is 3. The minimum atomic E-state index is 0.608. The maximum absolute atomic E-state index is 5.61. The summed E-state index contributed by atoms with van der Waals surface area (Å²) < 4.78 is 1.01. The van der Waals surface area contributed by atoms with Gasteiger partial charge in [-0.3, -0.25) is 0 Å². The van der Waals surface area contributed by atoms with E-state index in [9.17, 15) is 0 Å². The van der Waals surface area contributed by atoms with E-state index in [2.05, 4.69) is 38.2 Å². The quantitative estimate of drug-likeness (QED) is 0.693. The monoisotopic (exact) mass is 328 g/mol. The molecule has 82 valence electrons. The van der Waals surface area contributed by atoms with Crippen molar-refractivity contribution < 1.29 is 21.1 Å². The molecule has 0 saturated heterocycles. The number of hydrogen-bond acceptors (Lipinski definition) is 4. The number of nitrogen functional groups attached to an aromatic ring is 1. The molecule has 1 aromatic carbocycles. The molecule has 0 aliphatic rings. The van der Waals surface area contributed by atoms with E-state index in [4.69, 9.17) is 5.73 Å². The van der Waals surface area contributed by atoms with Gasteiger partial charge in [-0.05, 0) is 0 Å². The van der Waals surface area contributed by atoms with Crippen molar-refractivity contribution in [2.75, 3.05) is 5.73 Å². The number of aromatic nitrogens is 1. The summed E-state index contributed by atoms with van der Waals surface area (Å²) in [7, 11) is 0. The molecular formula is C10H9AgN2S2. The average molecular weight is 329 g/mol. The van der Waals surface area contributed by atoms with E-state index in [0.717, 1.165) is 13.9 Å². The summed E-state index contributed by atoms with van der Waals surface area (Å²) >= 11 is 6.62. The van der Waals surface area contributed by atoms with Crippen molar-refractivity contribution in [3.63, 3.8) is 0 Å². The van der Waals surface area contributed by atoms with E-state index >= 15 is 0 Å². The second-order valence-corrected chi connectivity index (χ2v) is 6.06. The van der Waals surface area contributed by atoms with E-state index in [1.807, 2.05) is 18.2 Å². The van der Waals surface area contributed by atoms with E-state index < -0.39 is 0 Å². The van der Waals surface area contributed by atoms with E-state index in [-0.39, 0.29) is 0 Å². The number of nitrogens with zero attached hydrogens (tertiary/aromatic N) is 1. The molecule has 0 saturated carbocycles. The number of thioether (sulfide) groups is 1. The van der Waals surface area contributed by atoms with Crippen LogP contribution in [0.4, 0.5) is 5.13 Å². The summed E-state index contributed by atoms with van der Waals surface area (Å²) in [5.74, 6) is 0.919. The fourth-order valence-corrected chi connectivity index (χ4v) is 3.53. The third-order valence-corrected chi connectivity index (χ3v) is 4.63. The van der Waals surface area contributed by atoms with Gasteiger partial charge in [-0.25, -0.2) is 0 Å². The molecule has 0 fully saturated rings. The Labute approximate surface area is 109 Å². The van der Waals surface area contributed by atoms with Crippen molar-refractivity contribution in [2.24, 2.45) is 0 Å². The normalized spacial score (nSPS) is 10.5. The van der Waals surface area contributed by atoms with Gasteiger partial charge in [0.15, 0.2) is 0 Å². The molecule has 0 aliphatic carbocycles. The Morgan fingerprint density at radius 3 is 2.67 bits per heavy atom. The van der Waals surface area contributed by atoms with Crippen LogP contribution in [0.1, 0.15) is 5.56 Å². The molecule has 1 aromatic heterocycles. The molecular weight excluding hydrogens is 320 g/mol. The molecule has 5 heteroatoms. The van der Waals surface area contributed by atoms with Crippen LogP contribution in [0, 0.1) is 0 Å². The van der Waals surface area contributed by atoms with Gasteiger partial charge in [-0.1, -0.05) is 0 Å². The number of benzene rings is 1. The van der Waals surface area contributed by atoms with Crippen molar-refractivity contribution in [1.82, 2.24) is 4.98 Å². The van der Waals surface area contributed by atoms with Crippen molar-refractivity contribution >= 4 is 31.3 Å². The van der Waals surface area contributed by atoms with Crippen LogP contribution in [0.5, 0.6) is 0 Å². The van der Waals surface area contributed by atoms with Crippen LogP contribution < -0.4 is 8.83 Å². The fraction of sp³-hybridized carbons (Fsp3) is 0.100. The van der Waals surface area contributed by atoms with Gasteiger partial charge in [0.25, 0.3) is 0 Å². The Kier molecular flexibility index (Phi) is 3.88. The third kappa shape index (κ3) is 3.09. The molecule has 2 rings (SSSR count). The first-order chi connectivity index (χ1) is 7.25. The first-order valence-corrected chi connectivity index (χ1v) is 6.85. The number of thiazole rings is 1. The second kappa shape index (κ2) is 5.18. The molecule has 15 heavy (non-hydrogen) atoms. The zero-order valence-electron chi connectivity index (χ0n) is 7.74. The van der Waals surface area contributed by atoms with E-state index in [1.54, 1.807) is 11.8 Å². The summed E-state index contributed by atoms with van der Waals surface area (Å²) in [6.45, 7) is 0. The van der Waals surface area contributed by atoms with Gasteiger partial charge in [-0.2, -0.15) is 0 Å². The summed E-state index contributed by atoms with van der Waals surface area (Å²) in [5, 5.41) is 1.58. The predicted octanol–water partition coefficient (Wildman–Crippen LogP) is 2.19. The standard InChI is InChI=1S/C10H9N2S2.Ag/c11-10-12-9(7-14-10)13-6-8-4-2-1-3-5-8;/h1-5H,6H2,(H2,11,12);. The molecule has 2 N–H and O–H groups in total. The molecule has 0 spiro atoms. The van der Waals surface area contributed by atoms with Crippen molar-refractivity contribution in [1.29, 1.82) is 0 Å². The van der Waals surface area contributed by atoms with Crippen LogP contribution in [0.2, 0.25) is 0 Å². The molecule has 1 heterocycles. The average Bonchev–Trinajstić information content (AvgIpc) is 2.56. The minimum absolute atomic E-state index is 0.608. The van der Waals surface area contributed by atoms with Crippen molar-refractivity contribution in [3.8, 4) is 0 Å². The maximum atomic E-state index is 5.61. The van der Waals surface area contributed by atoms with Crippen LogP contribution in [0.15, 0.2) is 35.4 Å². The first-order valence-electron chi connectivity index (χ1n) is 4.30. The van der Waals surface area contributed by atoms with Crippen molar-refractivity contribution in [2.45, 2.75) is 10.8 Å².